The van der Waals surface area contributed by atoms with Gasteiger partial charge in [0.25, 0.3) is 11.5 Å². The van der Waals surface area contributed by atoms with Crippen molar-refractivity contribution in [1.82, 2.24) is 21.0 Å². The topological polar surface area (TPSA) is 104 Å². The highest BCUT2D eigenvalue weighted by Crippen LogP contribution is 2.12. The number of hydrogen-bond donors (Lipinski definition) is 3. The Labute approximate surface area is 162 Å². The van der Waals surface area contributed by atoms with E-state index in [1.54, 1.807) is 24.3 Å². The van der Waals surface area contributed by atoms with Gasteiger partial charge in [0.1, 0.15) is 0 Å². The Kier molecular flexibility index (Phi) is 5.84. The maximum absolute atomic E-state index is 12.4. The summed E-state index contributed by atoms with van der Waals surface area (Å²) in [5.74, 6) is -0.381. The third-order valence-corrected chi connectivity index (χ3v) is 4.26. The fourth-order valence-corrected chi connectivity index (χ4v) is 2.97. The number of amides is 2. The summed E-state index contributed by atoms with van der Waals surface area (Å²) < 4.78 is 0. The molecule has 0 radical (unpaired) electrons. The van der Waals surface area contributed by atoms with Crippen molar-refractivity contribution in [2.24, 2.45) is 5.92 Å². The van der Waals surface area contributed by atoms with E-state index in [-0.39, 0.29) is 23.6 Å². The minimum Gasteiger partial charge on any atom is -0.273 e. The van der Waals surface area contributed by atoms with E-state index in [9.17, 15) is 14.4 Å². The Morgan fingerprint density at radius 3 is 2.29 bits per heavy atom. The summed E-state index contributed by atoms with van der Waals surface area (Å²) in [6.45, 7) is 4.31. The average molecular weight is 378 g/mol. The van der Waals surface area contributed by atoms with Crippen LogP contribution in [-0.2, 0) is 17.6 Å². The van der Waals surface area contributed by atoms with Gasteiger partial charge in [-0.15, -0.1) is 0 Å². The van der Waals surface area contributed by atoms with Gasteiger partial charge in [-0.2, -0.15) is 5.10 Å². The maximum atomic E-state index is 12.4. The van der Waals surface area contributed by atoms with Crippen molar-refractivity contribution in [3.8, 4) is 0 Å². The van der Waals surface area contributed by atoms with Gasteiger partial charge in [0.05, 0.1) is 11.8 Å². The molecule has 0 aliphatic rings. The molecule has 0 aliphatic carbocycles. The molecule has 3 N–H and O–H groups in total. The van der Waals surface area contributed by atoms with Crippen LogP contribution in [0.4, 0.5) is 0 Å². The second-order valence-electron chi connectivity index (χ2n) is 7.04. The lowest BCUT2D eigenvalue weighted by molar-refractivity contribution is -0.121. The molecule has 144 valence electrons. The van der Waals surface area contributed by atoms with Crippen LogP contribution < -0.4 is 16.4 Å². The lowest BCUT2D eigenvalue weighted by Crippen LogP contribution is -2.43. The van der Waals surface area contributed by atoms with Gasteiger partial charge in [-0.05, 0) is 29.5 Å². The van der Waals surface area contributed by atoms with E-state index in [0.29, 0.717) is 16.7 Å². The Hall–Kier alpha value is -3.48. The van der Waals surface area contributed by atoms with Crippen LogP contribution in [0.5, 0.6) is 0 Å². The third-order valence-electron chi connectivity index (χ3n) is 4.26. The Bertz CT molecular complexity index is 1060. The van der Waals surface area contributed by atoms with Gasteiger partial charge in [0.2, 0.25) is 5.91 Å². The van der Waals surface area contributed by atoms with Crippen LogP contribution in [0.25, 0.3) is 10.8 Å². The molecule has 0 aliphatic heterocycles. The van der Waals surface area contributed by atoms with E-state index in [1.165, 1.54) is 5.56 Å². The highest BCUT2D eigenvalue weighted by atomic mass is 16.2. The standard InChI is InChI=1S/C21H22N4O3/c1-13(2)11-14-7-9-15(10-8-14)12-18(26)22-25-21(28)19-16-5-3-4-6-17(16)20(27)24-23-19/h3-10,13H,11-12H2,1-2H3,(H,22,26)(H,24,27)(H,25,28). The second kappa shape index (κ2) is 8.47. The third kappa shape index (κ3) is 4.62. The molecule has 7 heteroatoms. The molecule has 0 spiro atoms. The number of hydrogen-bond acceptors (Lipinski definition) is 4. The molecule has 0 fully saturated rings. The number of carbonyl (C=O) groups is 2. The molecule has 0 atom stereocenters. The van der Waals surface area contributed by atoms with Crippen LogP contribution in [0, 0.1) is 5.92 Å². The predicted octanol–water partition coefficient (Wildman–Crippen LogP) is 2.13. The van der Waals surface area contributed by atoms with Crippen molar-refractivity contribution in [2.45, 2.75) is 26.7 Å². The van der Waals surface area contributed by atoms with E-state index >= 15 is 0 Å². The first-order valence-corrected chi connectivity index (χ1v) is 9.08. The SMILES string of the molecule is CC(C)Cc1ccc(CC(=O)NNC(=O)c2n[nH]c(=O)c3ccccc23)cc1. The molecule has 28 heavy (non-hydrogen) atoms. The number of carbonyl (C=O) groups excluding carboxylic acids is 2. The highest BCUT2D eigenvalue weighted by molar-refractivity contribution is 6.05. The molecule has 0 saturated carbocycles. The fourth-order valence-electron chi connectivity index (χ4n) is 2.97. The molecule has 0 unspecified atom stereocenters. The summed E-state index contributed by atoms with van der Waals surface area (Å²) >= 11 is 0. The molecule has 7 nitrogen and oxygen atoms in total. The lowest BCUT2D eigenvalue weighted by atomic mass is 10.0. The minimum atomic E-state index is -0.604. The van der Waals surface area contributed by atoms with Gasteiger partial charge < -0.3 is 0 Å². The second-order valence-corrected chi connectivity index (χ2v) is 7.04. The van der Waals surface area contributed by atoms with Crippen LogP contribution in [0.15, 0.2) is 53.3 Å². The fraction of sp³-hybridized carbons (Fsp3) is 0.238. The van der Waals surface area contributed by atoms with E-state index in [0.717, 1.165) is 12.0 Å². The summed E-state index contributed by atoms with van der Waals surface area (Å²) in [6.07, 6.45) is 1.13. The molecule has 1 heterocycles. The van der Waals surface area contributed by atoms with Crippen molar-refractivity contribution in [1.29, 1.82) is 0 Å². The van der Waals surface area contributed by atoms with Crippen LogP contribution in [0.2, 0.25) is 0 Å². The zero-order valence-corrected chi connectivity index (χ0v) is 15.8. The number of aromatic amines is 1. The summed E-state index contributed by atoms with van der Waals surface area (Å²) in [5.41, 5.74) is 6.47. The van der Waals surface area contributed by atoms with E-state index < -0.39 is 5.91 Å². The van der Waals surface area contributed by atoms with Crippen LogP contribution in [0.1, 0.15) is 35.5 Å². The number of benzene rings is 2. The number of aromatic nitrogens is 2. The highest BCUT2D eigenvalue weighted by Gasteiger charge is 2.14. The zero-order chi connectivity index (χ0) is 20.1. The smallest absolute Gasteiger partial charge is 0.273 e. The number of hydrazine groups is 1. The number of nitrogens with zero attached hydrogens (tertiary/aromatic N) is 1. The monoisotopic (exact) mass is 378 g/mol. The van der Waals surface area contributed by atoms with Crippen molar-refractivity contribution in [2.75, 3.05) is 0 Å². The van der Waals surface area contributed by atoms with Gasteiger partial charge in [-0.25, -0.2) is 5.10 Å². The largest absolute Gasteiger partial charge is 0.290 e. The number of fused-ring (bicyclic) bond motifs is 1. The van der Waals surface area contributed by atoms with E-state index in [1.807, 2.05) is 24.3 Å². The van der Waals surface area contributed by atoms with Gasteiger partial charge in [0.15, 0.2) is 5.69 Å². The first-order valence-electron chi connectivity index (χ1n) is 9.08. The number of rotatable bonds is 5. The summed E-state index contributed by atoms with van der Waals surface area (Å²) in [4.78, 5) is 36.3. The van der Waals surface area contributed by atoms with Crippen molar-refractivity contribution < 1.29 is 9.59 Å². The summed E-state index contributed by atoms with van der Waals surface area (Å²) in [6, 6.07) is 14.5. The number of H-pyrrole nitrogens is 1. The van der Waals surface area contributed by atoms with Crippen molar-refractivity contribution in [3.05, 3.63) is 75.7 Å². The van der Waals surface area contributed by atoms with Crippen LogP contribution in [0.3, 0.4) is 0 Å². The van der Waals surface area contributed by atoms with Gasteiger partial charge in [0, 0.05) is 5.39 Å². The van der Waals surface area contributed by atoms with E-state index in [2.05, 4.69) is 34.9 Å². The summed E-state index contributed by atoms with van der Waals surface area (Å²) in [7, 11) is 0. The molecule has 0 bridgehead atoms. The van der Waals surface area contributed by atoms with Crippen molar-refractivity contribution >= 4 is 22.6 Å². The molecule has 3 aromatic rings. The lowest BCUT2D eigenvalue weighted by Gasteiger charge is -2.09. The number of nitrogens with one attached hydrogen (secondary N) is 3. The zero-order valence-electron chi connectivity index (χ0n) is 15.8. The average Bonchev–Trinajstić information content (AvgIpc) is 2.68. The molecular formula is C21H22N4O3. The van der Waals surface area contributed by atoms with Crippen LogP contribution in [-0.4, -0.2) is 22.0 Å². The molecule has 2 amide bonds. The molecule has 3 rings (SSSR count). The molecule has 2 aromatic carbocycles. The minimum absolute atomic E-state index is 0.0357. The van der Waals surface area contributed by atoms with Gasteiger partial charge in [-0.1, -0.05) is 56.3 Å². The quantitative estimate of drug-likeness (QED) is 0.592. The molecular weight excluding hydrogens is 356 g/mol. The Morgan fingerprint density at radius 1 is 0.964 bits per heavy atom. The first-order chi connectivity index (χ1) is 13.4. The maximum Gasteiger partial charge on any atom is 0.290 e. The van der Waals surface area contributed by atoms with E-state index in [4.69, 9.17) is 0 Å². The Morgan fingerprint density at radius 2 is 1.61 bits per heavy atom. The van der Waals surface area contributed by atoms with Crippen LogP contribution >= 0.6 is 0 Å². The normalized spacial score (nSPS) is 10.8. The first kappa shape index (κ1) is 19.3. The summed E-state index contributed by atoms with van der Waals surface area (Å²) in [5, 5.41) is 6.86. The molecule has 1 aromatic heterocycles. The van der Waals surface area contributed by atoms with Gasteiger partial charge >= 0.3 is 0 Å². The molecule has 0 saturated heterocycles. The Balaban J connectivity index is 1.61. The van der Waals surface area contributed by atoms with Crippen molar-refractivity contribution in [3.63, 3.8) is 0 Å². The predicted molar refractivity (Wildman–Crippen MR) is 107 cm³/mol. The van der Waals surface area contributed by atoms with Gasteiger partial charge in [-0.3, -0.25) is 25.2 Å².